The third kappa shape index (κ3) is 4.33. The van der Waals surface area contributed by atoms with Crippen molar-refractivity contribution < 1.29 is 22.3 Å². The fourth-order valence-electron chi connectivity index (χ4n) is 2.81. The molecule has 1 atom stereocenters. The van der Waals surface area contributed by atoms with Crippen LogP contribution in [-0.4, -0.2) is 33.2 Å². The van der Waals surface area contributed by atoms with E-state index in [0.29, 0.717) is 17.1 Å². The Morgan fingerprint density at radius 2 is 2.04 bits per heavy atom. The molecule has 1 aliphatic heterocycles. The Labute approximate surface area is 161 Å². The molecule has 1 heterocycles. The van der Waals surface area contributed by atoms with E-state index in [1.807, 2.05) is 6.92 Å². The molecular weight excluding hydrogens is 395 g/mol. The molecule has 0 aliphatic carbocycles. The van der Waals surface area contributed by atoms with Gasteiger partial charge in [-0.2, -0.15) is 0 Å². The first-order valence-corrected chi connectivity index (χ1v) is 10.4. The summed E-state index contributed by atoms with van der Waals surface area (Å²) in [6, 6.07) is 8.95. The van der Waals surface area contributed by atoms with Gasteiger partial charge in [0.15, 0.2) is 6.10 Å². The van der Waals surface area contributed by atoms with Gasteiger partial charge in [0.2, 0.25) is 10.0 Å². The van der Waals surface area contributed by atoms with Crippen LogP contribution in [0.5, 0.6) is 5.75 Å². The Morgan fingerprint density at radius 3 is 2.70 bits per heavy atom. The average molecular weight is 413 g/mol. The van der Waals surface area contributed by atoms with Gasteiger partial charge >= 0.3 is 0 Å². The van der Waals surface area contributed by atoms with Crippen molar-refractivity contribution >= 4 is 38.9 Å². The molecule has 0 radical (unpaired) electrons. The average Bonchev–Trinajstić information content (AvgIpc) is 2.77. The van der Waals surface area contributed by atoms with Gasteiger partial charge < -0.3 is 10.1 Å². The van der Waals surface area contributed by atoms with Gasteiger partial charge in [0.1, 0.15) is 11.6 Å². The minimum absolute atomic E-state index is 0.0948. The Balaban J connectivity index is 1.87. The van der Waals surface area contributed by atoms with E-state index in [9.17, 15) is 17.6 Å². The van der Waals surface area contributed by atoms with Crippen LogP contribution in [0.15, 0.2) is 36.4 Å². The molecule has 3 rings (SSSR count). The van der Waals surface area contributed by atoms with Crippen LogP contribution in [-0.2, 0) is 14.8 Å². The lowest BCUT2D eigenvalue weighted by molar-refractivity contribution is -0.122. The predicted molar refractivity (Wildman–Crippen MR) is 102 cm³/mol. The standard InChI is InChI=1S/C18H18ClFN2O4S/c1-11-3-6-16-15(9-11)22(27(2,24)25)8-7-17(26-16)18(23)21-12-4-5-14(20)13(19)10-12/h3-6,9-10,17H,7-8H2,1-2H3,(H,21,23). The topological polar surface area (TPSA) is 75.7 Å². The minimum atomic E-state index is -3.54. The number of fused-ring (bicyclic) bond motifs is 1. The normalized spacial score (nSPS) is 16.9. The number of aryl methyl sites for hydroxylation is 1. The molecule has 0 fully saturated rings. The molecule has 1 unspecified atom stereocenters. The molecule has 1 amide bonds. The smallest absolute Gasteiger partial charge is 0.265 e. The summed E-state index contributed by atoms with van der Waals surface area (Å²) < 4.78 is 44.6. The first kappa shape index (κ1) is 19.4. The highest BCUT2D eigenvalue weighted by atomic mass is 35.5. The lowest BCUT2D eigenvalue weighted by Gasteiger charge is -2.21. The lowest BCUT2D eigenvalue weighted by Crippen LogP contribution is -2.36. The van der Waals surface area contributed by atoms with Crippen molar-refractivity contribution in [1.82, 2.24) is 0 Å². The van der Waals surface area contributed by atoms with Crippen LogP contribution >= 0.6 is 11.6 Å². The highest BCUT2D eigenvalue weighted by Gasteiger charge is 2.31. The van der Waals surface area contributed by atoms with Gasteiger partial charge in [-0.25, -0.2) is 12.8 Å². The summed E-state index contributed by atoms with van der Waals surface area (Å²) in [5.41, 5.74) is 1.59. The number of benzene rings is 2. The number of hydrogen-bond donors (Lipinski definition) is 1. The highest BCUT2D eigenvalue weighted by Crippen LogP contribution is 2.35. The molecule has 6 nitrogen and oxygen atoms in total. The van der Waals surface area contributed by atoms with Gasteiger partial charge in [-0.05, 0) is 42.8 Å². The fraction of sp³-hybridized carbons (Fsp3) is 0.278. The largest absolute Gasteiger partial charge is 0.478 e. The van der Waals surface area contributed by atoms with Crippen LogP contribution in [0.3, 0.4) is 0 Å². The van der Waals surface area contributed by atoms with Crippen LogP contribution in [0.2, 0.25) is 5.02 Å². The van der Waals surface area contributed by atoms with Crippen LogP contribution in [0.4, 0.5) is 15.8 Å². The third-order valence-electron chi connectivity index (χ3n) is 4.13. The van der Waals surface area contributed by atoms with Crippen LogP contribution in [0.1, 0.15) is 12.0 Å². The Kier molecular flexibility index (Phi) is 5.30. The van der Waals surface area contributed by atoms with Crippen molar-refractivity contribution in [1.29, 1.82) is 0 Å². The molecule has 0 aromatic heterocycles. The van der Waals surface area contributed by atoms with Crippen molar-refractivity contribution in [2.75, 3.05) is 22.4 Å². The molecule has 0 spiro atoms. The molecule has 27 heavy (non-hydrogen) atoms. The van der Waals surface area contributed by atoms with Gasteiger partial charge in [0, 0.05) is 18.7 Å². The predicted octanol–water partition coefficient (Wildman–Crippen LogP) is 3.34. The number of nitrogens with one attached hydrogen (secondary N) is 1. The van der Waals surface area contributed by atoms with Gasteiger partial charge in [-0.1, -0.05) is 17.7 Å². The summed E-state index contributed by atoms with van der Waals surface area (Å²) >= 11 is 5.73. The number of sulfonamides is 1. The fourth-order valence-corrected chi connectivity index (χ4v) is 3.93. The van der Waals surface area contributed by atoms with Gasteiger partial charge in [-0.15, -0.1) is 0 Å². The number of hydrogen-bond acceptors (Lipinski definition) is 4. The molecule has 2 aromatic carbocycles. The number of carbonyl (C=O) groups is 1. The van der Waals surface area contributed by atoms with Crippen molar-refractivity contribution in [3.05, 3.63) is 52.8 Å². The first-order chi connectivity index (χ1) is 12.6. The summed E-state index contributed by atoms with van der Waals surface area (Å²) in [5.74, 6) is -0.756. The van der Waals surface area contributed by atoms with Crippen molar-refractivity contribution in [2.45, 2.75) is 19.4 Å². The SMILES string of the molecule is Cc1ccc2c(c1)N(S(C)(=O)=O)CCC(C(=O)Nc1ccc(F)c(Cl)c1)O2. The molecule has 1 N–H and O–H groups in total. The zero-order valence-corrected chi connectivity index (χ0v) is 16.3. The van der Waals surface area contributed by atoms with Crippen LogP contribution in [0, 0.1) is 12.7 Å². The zero-order chi connectivity index (χ0) is 19.8. The van der Waals surface area contributed by atoms with E-state index in [1.54, 1.807) is 18.2 Å². The second-order valence-electron chi connectivity index (χ2n) is 6.32. The maximum atomic E-state index is 13.3. The summed E-state index contributed by atoms with van der Waals surface area (Å²) in [4.78, 5) is 12.6. The quantitative estimate of drug-likeness (QED) is 0.838. The second kappa shape index (κ2) is 7.36. The van der Waals surface area contributed by atoms with E-state index < -0.39 is 27.9 Å². The maximum Gasteiger partial charge on any atom is 0.265 e. The van der Waals surface area contributed by atoms with E-state index >= 15 is 0 Å². The summed E-state index contributed by atoms with van der Waals surface area (Å²) in [6.07, 6.45) is 0.351. The maximum absolute atomic E-state index is 13.3. The molecule has 2 aromatic rings. The molecule has 0 bridgehead atoms. The molecule has 0 saturated carbocycles. The third-order valence-corrected chi connectivity index (χ3v) is 5.60. The molecule has 9 heteroatoms. The number of amides is 1. The number of rotatable bonds is 3. The van der Waals surface area contributed by atoms with Crippen LogP contribution in [0.25, 0.3) is 0 Å². The summed E-state index contributed by atoms with van der Waals surface area (Å²) in [6.45, 7) is 1.94. The van der Waals surface area contributed by atoms with Crippen LogP contribution < -0.4 is 14.4 Å². The van der Waals surface area contributed by atoms with Gasteiger partial charge in [-0.3, -0.25) is 9.10 Å². The number of ether oxygens (including phenoxy) is 1. The van der Waals surface area contributed by atoms with E-state index in [2.05, 4.69) is 5.32 Å². The van der Waals surface area contributed by atoms with E-state index in [0.717, 1.165) is 17.9 Å². The number of carbonyl (C=O) groups excluding carboxylic acids is 1. The van der Waals surface area contributed by atoms with Gasteiger partial charge in [0.25, 0.3) is 5.91 Å². The number of halogens is 2. The monoisotopic (exact) mass is 412 g/mol. The minimum Gasteiger partial charge on any atom is -0.478 e. The van der Waals surface area contributed by atoms with Crippen molar-refractivity contribution in [3.8, 4) is 5.75 Å². The number of anilines is 2. The molecule has 1 aliphatic rings. The Bertz CT molecular complexity index is 997. The molecule has 144 valence electrons. The highest BCUT2D eigenvalue weighted by molar-refractivity contribution is 7.92. The Hall–Kier alpha value is -2.32. The second-order valence-corrected chi connectivity index (χ2v) is 8.63. The summed E-state index contributed by atoms with van der Waals surface area (Å²) in [7, 11) is -3.54. The zero-order valence-electron chi connectivity index (χ0n) is 14.7. The Morgan fingerprint density at radius 1 is 1.30 bits per heavy atom. The van der Waals surface area contributed by atoms with E-state index in [1.165, 1.54) is 16.4 Å². The number of nitrogens with zero attached hydrogens (tertiary/aromatic N) is 1. The van der Waals surface area contributed by atoms with Gasteiger partial charge in [0.05, 0.1) is 17.0 Å². The van der Waals surface area contributed by atoms with E-state index in [4.69, 9.17) is 16.3 Å². The molecular formula is C18H18ClFN2O4S. The first-order valence-electron chi connectivity index (χ1n) is 8.16. The lowest BCUT2D eigenvalue weighted by atomic mass is 10.2. The van der Waals surface area contributed by atoms with E-state index in [-0.39, 0.29) is 18.0 Å². The molecule has 0 saturated heterocycles. The van der Waals surface area contributed by atoms with Crippen molar-refractivity contribution in [2.24, 2.45) is 0 Å². The summed E-state index contributed by atoms with van der Waals surface area (Å²) in [5, 5.41) is 2.51. The van der Waals surface area contributed by atoms with Crippen molar-refractivity contribution in [3.63, 3.8) is 0 Å².